The summed E-state index contributed by atoms with van der Waals surface area (Å²) >= 11 is 0. The molecular formula is C15H34IN3O. The van der Waals surface area contributed by atoms with Crippen LogP contribution >= 0.6 is 24.0 Å². The predicted molar refractivity (Wildman–Crippen MR) is 99.2 cm³/mol. The summed E-state index contributed by atoms with van der Waals surface area (Å²) in [7, 11) is 3.57. The molecule has 5 heteroatoms. The molecule has 20 heavy (non-hydrogen) atoms. The molecule has 0 amide bonds. The number of methoxy groups -OCH3 is 1. The molecule has 0 heterocycles. The summed E-state index contributed by atoms with van der Waals surface area (Å²) in [5.41, 5.74) is 0.127. The molecule has 4 nitrogen and oxygen atoms in total. The summed E-state index contributed by atoms with van der Waals surface area (Å²) in [6, 6.07) is 0. The van der Waals surface area contributed by atoms with Crippen molar-refractivity contribution in [3.05, 3.63) is 0 Å². The van der Waals surface area contributed by atoms with E-state index >= 15 is 0 Å². The zero-order chi connectivity index (χ0) is 14.7. The zero-order valence-electron chi connectivity index (χ0n) is 14.1. The number of halogens is 1. The quantitative estimate of drug-likeness (QED) is 0.285. The van der Waals surface area contributed by atoms with Crippen LogP contribution in [0.4, 0.5) is 0 Å². The van der Waals surface area contributed by atoms with Gasteiger partial charge in [0.05, 0.1) is 6.10 Å². The third-order valence-corrected chi connectivity index (χ3v) is 3.25. The van der Waals surface area contributed by atoms with Gasteiger partial charge in [-0.25, -0.2) is 0 Å². The summed E-state index contributed by atoms with van der Waals surface area (Å²) in [5.74, 6) is 0.864. The van der Waals surface area contributed by atoms with Gasteiger partial charge < -0.3 is 15.4 Å². The second-order valence-electron chi connectivity index (χ2n) is 6.03. The van der Waals surface area contributed by atoms with Crippen LogP contribution in [0.5, 0.6) is 0 Å². The summed E-state index contributed by atoms with van der Waals surface area (Å²) in [4.78, 5) is 4.23. The second kappa shape index (κ2) is 12.7. The molecule has 0 aromatic rings. The summed E-state index contributed by atoms with van der Waals surface area (Å²) < 4.78 is 5.52. The highest BCUT2D eigenvalue weighted by Crippen LogP contribution is 2.20. The minimum absolute atomic E-state index is 0. The van der Waals surface area contributed by atoms with E-state index in [0.29, 0.717) is 0 Å². The van der Waals surface area contributed by atoms with Gasteiger partial charge in [0.15, 0.2) is 5.96 Å². The lowest BCUT2D eigenvalue weighted by Gasteiger charge is -2.30. The molecule has 1 unspecified atom stereocenters. The molecule has 0 fully saturated rings. The number of hydrogen-bond donors (Lipinski definition) is 2. The molecule has 0 radical (unpaired) electrons. The first-order chi connectivity index (χ1) is 8.95. The Hall–Kier alpha value is -0.0400. The summed E-state index contributed by atoms with van der Waals surface area (Å²) in [5, 5.41) is 6.67. The van der Waals surface area contributed by atoms with Gasteiger partial charge in [0.2, 0.25) is 0 Å². The lowest BCUT2D eigenvalue weighted by molar-refractivity contribution is 0.0205. The van der Waals surface area contributed by atoms with E-state index in [0.717, 1.165) is 19.0 Å². The van der Waals surface area contributed by atoms with Crippen molar-refractivity contribution in [2.45, 2.75) is 59.5 Å². The van der Waals surface area contributed by atoms with Gasteiger partial charge in [-0.3, -0.25) is 4.99 Å². The standard InChI is InChI=1S/C15H33N3O.HI/c1-7-8-9-10-11-17-14(16-5)18-12-13(19-6)15(2,3)4;/h13H,7-12H2,1-6H3,(H2,16,17,18);1H. The number of guanidine groups is 1. The molecule has 0 aromatic carbocycles. The van der Waals surface area contributed by atoms with E-state index in [1.165, 1.54) is 25.7 Å². The molecule has 0 aromatic heterocycles. The molecule has 1 atom stereocenters. The fourth-order valence-corrected chi connectivity index (χ4v) is 1.91. The lowest BCUT2D eigenvalue weighted by Crippen LogP contribution is -2.45. The molecule has 0 rings (SSSR count). The van der Waals surface area contributed by atoms with Gasteiger partial charge in [0, 0.05) is 27.2 Å². The van der Waals surface area contributed by atoms with Gasteiger partial charge in [-0.15, -0.1) is 24.0 Å². The van der Waals surface area contributed by atoms with Crippen LogP contribution in [0.2, 0.25) is 0 Å². The zero-order valence-corrected chi connectivity index (χ0v) is 16.4. The largest absolute Gasteiger partial charge is 0.379 e. The van der Waals surface area contributed by atoms with Crippen molar-refractivity contribution in [2.75, 3.05) is 27.2 Å². The van der Waals surface area contributed by atoms with Gasteiger partial charge >= 0.3 is 0 Å². The maximum Gasteiger partial charge on any atom is 0.191 e. The van der Waals surface area contributed by atoms with E-state index < -0.39 is 0 Å². The molecule has 2 N–H and O–H groups in total. The number of nitrogens with zero attached hydrogens (tertiary/aromatic N) is 1. The van der Waals surface area contributed by atoms with Crippen LogP contribution < -0.4 is 10.6 Å². The normalized spacial score (nSPS) is 13.6. The maximum atomic E-state index is 5.52. The van der Waals surface area contributed by atoms with Gasteiger partial charge in [0.1, 0.15) is 0 Å². The predicted octanol–water partition coefficient (Wildman–Crippen LogP) is 3.41. The first kappa shape index (κ1) is 22.2. The average molecular weight is 399 g/mol. The van der Waals surface area contributed by atoms with E-state index in [4.69, 9.17) is 4.74 Å². The van der Waals surface area contributed by atoms with E-state index in [2.05, 4.69) is 43.3 Å². The minimum Gasteiger partial charge on any atom is -0.379 e. The Kier molecular flexibility index (Phi) is 14.1. The maximum absolute atomic E-state index is 5.52. The molecule has 0 saturated carbocycles. The van der Waals surface area contributed by atoms with Gasteiger partial charge in [0.25, 0.3) is 0 Å². The van der Waals surface area contributed by atoms with Crippen molar-refractivity contribution in [1.29, 1.82) is 0 Å². The topological polar surface area (TPSA) is 45.7 Å². The minimum atomic E-state index is 0. The Morgan fingerprint density at radius 1 is 1.15 bits per heavy atom. The number of unbranched alkanes of at least 4 members (excludes halogenated alkanes) is 3. The van der Waals surface area contributed by atoms with Crippen molar-refractivity contribution < 1.29 is 4.74 Å². The van der Waals surface area contributed by atoms with E-state index in [1.807, 2.05) is 0 Å². The van der Waals surface area contributed by atoms with Crippen LogP contribution in [0.25, 0.3) is 0 Å². The Morgan fingerprint density at radius 2 is 1.80 bits per heavy atom. The monoisotopic (exact) mass is 399 g/mol. The molecule has 0 saturated heterocycles. The Labute approximate surface area is 142 Å². The number of nitrogens with one attached hydrogen (secondary N) is 2. The molecule has 122 valence electrons. The van der Waals surface area contributed by atoms with E-state index in [9.17, 15) is 0 Å². The second-order valence-corrected chi connectivity index (χ2v) is 6.03. The van der Waals surface area contributed by atoms with Crippen molar-refractivity contribution in [3.63, 3.8) is 0 Å². The first-order valence-corrected chi connectivity index (χ1v) is 7.43. The third-order valence-electron chi connectivity index (χ3n) is 3.25. The molecule has 0 spiro atoms. The molecule has 0 aliphatic heterocycles. The van der Waals surface area contributed by atoms with Crippen LogP contribution in [0.3, 0.4) is 0 Å². The molecule has 0 aliphatic rings. The van der Waals surface area contributed by atoms with Crippen molar-refractivity contribution in [3.8, 4) is 0 Å². The summed E-state index contributed by atoms with van der Waals surface area (Å²) in [6.07, 6.45) is 5.23. The van der Waals surface area contributed by atoms with Crippen LogP contribution in [0, 0.1) is 5.41 Å². The molecule has 0 bridgehead atoms. The average Bonchev–Trinajstić information content (AvgIpc) is 2.35. The van der Waals surface area contributed by atoms with E-state index in [-0.39, 0.29) is 35.5 Å². The fraction of sp³-hybridized carbons (Fsp3) is 0.933. The van der Waals surface area contributed by atoms with Gasteiger partial charge in [-0.05, 0) is 11.8 Å². The molecule has 0 aliphatic carbocycles. The number of aliphatic imine (C=N–C) groups is 1. The Balaban J connectivity index is 0. The van der Waals surface area contributed by atoms with Gasteiger partial charge in [-0.1, -0.05) is 47.0 Å². The highest BCUT2D eigenvalue weighted by Gasteiger charge is 2.24. The third kappa shape index (κ3) is 10.7. The smallest absolute Gasteiger partial charge is 0.191 e. The fourth-order valence-electron chi connectivity index (χ4n) is 1.91. The van der Waals surface area contributed by atoms with Gasteiger partial charge in [-0.2, -0.15) is 0 Å². The van der Waals surface area contributed by atoms with Crippen molar-refractivity contribution in [1.82, 2.24) is 10.6 Å². The Morgan fingerprint density at radius 3 is 2.25 bits per heavy atom. The van der Waals surface area contributed by atoms with Crippen LogP contribution in [-0.2, 0) is 4.74 Å². The summed E-state index contributed by atoms with van der Waals surface area (Å²) in [6.45, 7) is 10.5. The number of hydrogen-bond acceptors (Lipinski definition) is 2. The first-order valence-electron chi connectivity index (χ1n) is 7.43. The van der Waals surface area contributed by atoms with Crippen LogP contribution in [0.15, 0.2) is 4.99 Å². The van der Waals surface area contributed by atoms with Crippen molar-refractivity contribution in [2.24, 2.45) is 10.4 Å². The SMILES string of the molecule is CCCCCCNC(=NC)NCC(OC)C(C)(C)C.I. The highest BCUT2D eigenvalue weighted by molar-refractivity contribution is 14.0. The number of rotatable bonds is 8. The number of ether oxygens (including phenoxy) is 1. The van der Waals surface area contributed by atoms with Crippen LogP contribution in [-0.4, -0.2) is 39.3 Å². The lowest BCUT2D eigenvalue weighted by atomic mass is 9.89. The Bertz CT molecular complexity index is 252. The van der Waals surface area contributed by atoms with Crippen LogP contribution in [0.1, 0.15) is 53.4 Å². The molecular weight excluding hydrogens is 365 g/mol. The van der Waals surface area contributed by atoms with E-state index in [1.54, 1.807) is 14.2 Å². The highest BCUT2D eigenvalue weighted by atomic mass is 127. The van der Waals surface area contributed by atoms with Crippen molar-refractivity contribution >= 4 is 29.9 Å².